The normalized spacial score (nSPS) is 11.9. The summed E-state index contributed by atoms with van der Waals surface area (Å²) in [5, 5.41) is 10.5. The molecule has 1 aliphatic heterocycles. The maximum Gasteiger partial charge on any atom is 0.231 e. The smallest absolute Gasteiger partial charge is 0.231 e. The van der Waals surface area contributed by atoms with E-state index in [1.807, 2.05) is 36.4 Å². The summed E-state index contributed by atoms with van der Waals surface area (Å²) >= 11 is 0. The molecule has 3 aromatic rings. The summed E-state index contributed by atoms with van der Waals surface area (Å²) in [6.45, 7) is 0.152. The van der Waals surface area contributed by atoms with Gasteiger partial charge in [-0.2, -0.15) is 0 Å². The molecular weight excluding hydrogens is 412 g/mol. The Morgan fingerprint density at radius 2 is 1.22 bits per heavy atom. The van der Waals surface area contributed by atoms with E-state index in [1.165, 1.54) is 0 Å². The van der Waals surface area contributed by atoms with Crippen LogP contribution in [0.15, 0.2) is 42.5 Å². The molecule has 7 nitrogen and oxygen atoms in total. The van der Waals surface area contributed by atoms with Crippen LogP contribution in [0.4, 0.5) is 0 Å². The Hall–Kier alpha value is -3.74. The van der Waals surface area contributed by atoms with Crippen LogP contribution in [-0.4, -0.2) is 40.3 Å². The second-order valence-electron chi connectivity index (χ2n) is 7.35. The minimum absolute atomic E-state index is 0.152. The third kappa shape index (κ3) is 4.19. The van der Waals surface area contributed by atoms with Gasteiger partial charge >= 0.3 is 0 Å². The van der Waals surface area contributed by atoms with Crippen LogP contribution >= 0.6 is 0 Å². The third-order valence-electron chi connectivity index (χ3n) is 5.50. The molecule has 0 spiro atoms. The quantitative estimate of drug-likeness (QED) is 0.561. The van der Waals surface area contributed by atoms with Crippen LogP contribution in [0.2, 0.25) is 0 Å². The Bertz CT molecular complexity index is 1120. The highest BCUT2D eigenvalue weighted by atomic mass is 16.7. The molecule has 1 N–H and O–H groups in total. The molecule has 0 bridgehead atoms. The summed E-state index contributed by atoms with van der Waals surface area (Å²) in [5.41, 5.74) is 3.81. The lowest BCUT2D eigenvalue weighted by Gasteiger charge is -2.17. The third-order valence-corrected chi connectivity index (χ3v) is 5.50. The monoisotopic (exact) mass is 438 g/mol. The van der Waals surface area contributed by atoms with E-state index in [9.17, 15) is 5.11 Å². The molecule has 168 valence electrons. The molecule has 1 heterocycles. The van der Waals surface area contributed by atoms with Gasteiger partial charge in [-0.1, -0.05) is 6.07 Å². The molecule has 0 atom stereocenters. The molecule has 0 amide bonds. The van der Waals surface area contributed by atoms with Crippen molar-refractivity contribution < 1.29 is 33.5 Å². The van der Waals surface area contributed by atoms with Gasteiger partial charge in [-0.05, 0) is 53.4 Å². The average molecular weight is 438 g/mol. The van der Waals surface area contributed by atoms with Crippen LogP contribution in [0.1, 0.15) is 22.3 Å². The number of hydrogen-bond donors (Lipinski definition) is 1. The number of benzene rings is 3. The largest absolute Gasteiger partial charge is 0.508 e. The summed E-state index contributed by atoms with van der Waals surface area (Å²) < 4.78 is 32.7. The molecule has 7 heteroatoms. The van der Waals surface area contributed by atoms with Crippen LogP contribution in [0.5, 0.6) is 40.2 Å². The molecule has 0 saturated carbocycles. The number of methoxy groups -OCH3 is 4. The lowest BCUT2D eigenvalue weighted by Crippen LogP contribution is -2.02. The molecule has 1 aliphatic rings. The maximum absolute atomic E-state index is 10.5. The number of phenols is 1. The standard InChI is InChI=1S/C25H26O7/c1-27-20-6-5-15(8-21(20)28-2)7-16-10-22(29-3)23(30-4)11-17(16)9-18-12-24-25(13-19(18)26)32-14-31-24/h5-6,8,10-13,26H,7,9,14H2,1-4H3. The van der Waals surface area contributed by atoms with Crippen molar-refractivity contribution >= 4 is 0 Å². The molecule has 3 aromatic carbocycles. The number of aromatic hydroxyl groups is 1. The summed E-state index contributed by atoms with van der Waals surface area (Å²) in [4.78, 5) is 0. The molecule has 32 heavy (non-hydrogen) atoms. The van der Waals surface area contributed by atoms with Gasteiger partial charge < -0.3 is 33.5 Å². The van der Waals surface area contributed by atoms with Crippen molar-refractivity contribution in [2.45, 2.75) is 12.8 Å². The van der Waals surface area contributed by atoms with Crippen LogP contribution < -0.4 is 28.4 Å². The topological polar surface area (TPSA) is 75.6 Å². The van der Waals surface area contributed by atoms with E-state index >= 15 is 0 Å². The van der Waals surface area contributed by atoms with E-state index in [1.54, 1.807) is 34.5 Å². The zero-order chi connectivity index (χ0) is 22.7. The highest BCUT2D eigenvalue weighted by Gasteiger charge is 2.19. The highest BCUT2D eigenvalue weighted by molar-refractivity contribution is 5.55. The first-order valence-electron chi connectivity index (χ1n) is 10.1. The molecule has 0 unspecified atom stereocenters. The zero-order valence-electron chi connectivity index (χ0n) is 18.6. The van der Waals surface area contributed by atoms with E-state index in [-0.39, 0.29) is 12.5 Å². The Balaban J connectivity index is 1.73. The van der Waals surface area contributed by atoms with Gasteiger partial charge in [0.1, 0.15) is 5.75 Å². The molecule has 0 aromatic heterocycles. The van der Waals surface area contributed by atoms with Crippen molar-refractivity contribution in [1.29, 1.82) is 0 Å². The summed E-state index contributed by atoms with van der Waals surface area (Å²) in [6.07, 6.45) is 1.10. The van der Waals surface area contributed by atoms with Gasteiger partial charge in [-0.25, -0.2) is 0 Å². The number of fused-ring (bicyclic) bond motifs is 1. The fraction of sp³-hybridized carbons (Fsp3) is 0.280. The van der Waals surface area contributed by atoms with Crippen LogP contribution in [0, 0.1) is 0 Å². The Kier molecular flexibility index (Phi) is 6.16. The first-order valence-corrected chi connectivity index (χ1v) is 10.1. The van der Waals surface area contributed by atoms with E-state index in [0.717, 1.165) is 22.3 Å². The molecular formula is C25H26O7. The van der Waals surface area contributed by atoms with Crippen molar-refractivity contribution in [1.82, 2.24) is 0 Å². The number of ether oxygens (including phenoxy) is 6. The molecule has 0 fully saturated rings. The summed E-state index contributed by atoms with van der Waals surface area (Å²) in [5.74, 6) is 3.93. The minimum Gasteiger partial charge on any atom is -0.508 e. The van der Waals surface area contributed by atoms with Crippen molar-refractivity contribution in [2.24, 2.45) is 0 Å². The Morgan fingerprint density at radius 1 is 0.656 bits per heavy atom. The SMILES string of the molecule is COc1ccc(Cc2cc(OC)c(OC)cc2Cc2cc3c(cc2O)OCO3)cc1OC. The highest BCUT2D eigenvalue weighted by Crippen LogP contribution is 2.40. The lowest BCUT2D eigenvalue weighted by atomic mass is 9.93. The Labute approximate surface area is 187 Å². The predicted molar refractivity (Wildman–Crippen MR) is 119 cm³/mol. The number of hydrogen-bond acceptors (Lipinski definition) is 7. The first-order chi connectivity index (χ1) is 15.6. The summed E-state index contributed by atoms with van der Waals surface area (Å²) in [7, 11) is 6.45. The van der Waals surface area contributed by atoms with Gasteiger partial charge in [-0.15, -0.1) is 0 Å². The minimum atomic E-state index is 0.152. The molecule has 4 rings (SSSR count). The van der Waals surface area contributed by atoms with Gasteiger partial charge in [0.2, 0.25) is 6.79 Å². The van der Waals surface area contributed by atoms with E-state index in [2.05, 4.69) is 0 Å². The second kappa shape index (κ2) is 9.18. The maximum atomic E-state index is 10.5. The fourth-order valence-electron chi connectivity index (χ4n) is 3.82. The first kappa shape index (κ1) is 21.5. The van der Waals surface area contributed by atoms with Gasteiger partial charge in [0.25, 0.3) is 0 Å². The van der Waals surface area contributed by atoms with E-state index in [0.29, 0.717) is 47.3 Å². The van der Waals surface area contributed by atoms with Crippen molar-refractivity contribution in [2.75, 3.05) is 35.2 Å². The van der Waals surface area contributed by atoms with Gasteiger partial charge in [0, 0.05) is 18.1 Å². The van der Waals surface area contributed by atoms with Crippen molar-refractivity contribution in [3.05, 3.63) is 64.7 Å². The Morgan fingerprint density at radius 3 is 1.84 bits per heavy atom. The molecule has 0 saturated heterocycles. The van der Waals surface area contributed by atoms with Crippen molar-refractivity contribution in [3.8, 4) is 40.2 Å². The average Bonchev–Trinajstić information content (AvgIpc) is 3.26. The number of rotatable bonds is 8. The molecule has 0 radical (unpaired) electrons. The van der Waals surface area contributed by atoms with E-state index in [4.69, 9.17) is 28.4 Å². The van der Waals surface area contributed by atoms with Gasteiger partial charge in [-0.3, -0.25) is 0 Å². The second-order valence-corrected chi connectivity index (χ2v) is 7.35. The van der Waals surface area contributed by atoms with Gasteiger partial charge in [0.15, 0.2) is 34.5 Å². The van der Waals surface area contributed by atoms with Crippen molar-refractivity contribution in [3.63, 3.8) is 0 Å². The number of phenolic OH excluding ortho intramolecular Hbond substituents is 1. The van der Waals surface area contributed by atoms with Gasteiger partial charge in [0.05, 0.1) is 28.4 Å². The lowest BCUT2D eigenvalue weighted by molar-refractivity contribution is 0.174. The van der Waals surface area contributed by atoms with Crippen LogP contribution in [-0.2, 0) is 12.8 Å². The summed E-state index contributed by atoms with van der Waals surface area (Å²) in [6, 6.07) is 13.2. The van der Waals surface area contributed by atoms with E-state index < -0.39 is 0 Å². The van der Waals surface area contributed by atoms with Crippen LogP contribution in [0.25, 0.3) is 0 Å². The zero-order valence-corrected chi connectivity index (χ0v) is 18.6. The van der Waals surface area contributed by atoms with Crippen LogP contribution in [0.3, 0.4) is 0 Å². The fourth-order valence-corrected chi connectivity index (χ4v) is 3.82. The predicted octanol–water partition coefficient (Wildman–Crippen LogP) is 4.34. The molecule has 0 aliphatic carbocycles.